The third-order valence-electron chi connectivity index (χ3n) is 8.70. The van der Waals surface area contributed by atoms with Gasteiger partial charge in [-0.15, -0.1) is 0 Å². The first-order chi connectivity index (χ1) is 23.3. The van der Waals surface area contributed by atoms with Crippen LogP contribution < -0.4 is 10.6 Å². The predicted octanol–water partition coefficient (Wildman–Crippen LogP) is 6.45. The lowest BCUT2D eigenvalue weighted by Gasteiger charge is -2.39. The van der Waals surface area contributed by atoms with Crippen LogP contribution in [-0.4, -0.2) is 54.9 Å². The van der Waals surface area contributed by atoms with Crippen LogP contribution in [0.2, 0.25) is 0 Å². The summed E-state index contributed by atoms with van der Waals surface area (Å²) in [6.45, 7) is 5.01. The van der Waals surface area contributed by atoms with Gasteiger partial charge in [-0.3, -0.25) is 9.69 Å². The van der Waals surface area contributed by atoms with Gasteiger partial charge in [-0.25, -0.2) is 4.79 Å². The molecule has 4 aromatic rings. The number of aliphatic hydroxyl groups excluding tert-OH is 1. The monoisotopic (exact) mass is 651 g/mol. The minimum Gasteiger partial charge on any atom is -0.465 e. The van der Waals surface area contributed by atoms with Crippen LogP contribution in [0.5, 0.6) is 0 Å². The minimum absolute atomic E-state index is 0.00342. The van der Waals surface area contributed by atoms with E-state index in [1.54, 1.807) is 6.92 Å². The summed E-state index contributed by atoms with van der Waals surface area (Å²) in [6, 6.07) is 34.2. The van der Waals surface area contributed by atoms with Crippen LogP contribution in [0.4, 0.5) is 4.79 Å². The van der Waals surface area contributed by atoms with Gasteiger partial charge in [-0.1, -0.05) is 103 Å². The van der Waals surface area contributed by atoms with E-state index in [2.05, 4.69) is 53.8 Å². The molecular weight excluding hydrogens is 606 g/mol. The number of nitrogens with one attached hydrogen (secondary N) is 2. The van der Waals surface area contributed by atoms with Crippen molar-refractivity contribution >= 4 is 12.0 Å². The molecule has 0 radical (unpaired) electrons. The summed E-state index contributed by atoms with van der Waals surface area (Å²) in [7, 11) is 2.13. The summed E-state index contributed by atoms with van der Waals surface area (Å²) in [6.07, 6.45) is -0.125. The number of urea groups is 1. The number of amides is 2. The van der Waals surface area contributed by atoms with Gasteiger partial charge in [0.2, 0.25) is 0 Å². The molecule has 0 aromatic heterocycles. The Balaban J connectivity index is 1.30. The van der Waals surface area contributed by atoms with E-state index in [4.69, 9.17) is 14.2 Å². The maximum Gasteiger partial charge on any atom is 0.325 e. The Hall–Kier alpha value is -4.54. The van der Waals surface area contributed by atoms with Gasteiger partial charge in [0.15, 0.2) is 6.29 Å². The van der Waals surface area contributed by atoms with E-state index >= 15 is 0 Å². The largest absolute Gasteiger partial charge is 0.465 e. The van der Waals surface area contributed by atoms with Crippen molar-refractivity contribution in [1.29, 1.82) is 0 Å². The molecule has 0 bridgehead atoms. The first-order valence-electron chi connectivity index (χ1n) is 16.5. The van der Waals surface area contributed by atoms with Gasteiger partial charge in [-0.05, 0) is 54.3 Å². The molecular formula is C39H45N3O6. The number of hydrogen-bond donors (Lipinski definition) is 3. The van der Waals surface area contributed by atoms with E-state index < -0.39 is 18.3 Å². The average molecular weight is 652 g/mol. The second kappa shape index (κ2) is 17.0. The van der Waals surface area contributed by atoms with Crippen molar-refractivity contribution in [2.75, 3.05) is 26.7 Å². The summed E-state index contributed by atoms with van der Waals surface area (Å²) in [5.41, 5.74) is 6.98. The topological polar surface area (TPSA) is 109 Å². The summed E-state index contributed by atoms with van der Waals surface area (Å²) in [5.74, 6) is -0.481. The molecule has 0 aliphatic carbocycles. The molecule has 0 unspecified atom stereocenters. The second-order valence-electron chi connectivity index (χ2n) is 12.0. The molecule has 4 aromatic carbocycles. The van der Waals surface area contributed by atoms with Crippen LogP contribution in [0.3, 0.4) is 0 Å². The number of carbonyl (C=O) groups is 2. The fourth-order valence-corrected chi connectivity index (χ4v) is 5.88. The van der Waals surface area contributed by atoms with Crippen molar-refractivity contribution in [3.8, 4) is 11.1 Å². The average Bonchev–Trinajstić information content (AvgIpc) is 3.13. The Morgan fingerprint density at radius 1 is 0.896 bits per heavy atom. The van der Waals surface area contributed by atoms with Crippen molar-refractivity contribution in [3.63, 3.8) is 0 Å². The highest BCUT2D eigenvalue weighted by Gasteiger charge is 2.33. The number of hydrogen-bond acceptors (Lipinski definition) is 7. The molecule has 1 fully saturated rings. The van der Waals surface area contributed by atoms with Crippen LogP contribution in [0, 0.1) is 0 Å². The molecule has 0 spiro atoms. The fraction of sp³-hybridized carbons (Fsp3) is 0.333. The highest BCUT2D eigenvalue weighted by atomic mass is 16.7. The van der Waals surface area contributed by atoms with Crippen LogP contribution in [0.1, 0.15) is 66.5 Å². The van der Waals surface area contributed by atoms with Crippen molar-refractivity contribution in [2.45, 2.75) is 58.0 Å². The third-order valence-corrected chi connectivity index (χ3v) is 8.70. The molecule has 0 saturated carbocycles. The quantitative estimate of drug-likeness (QED) is 0.143. The molecule has 1 aliphatic rings. The molecule has 4 atom stereocenters. The Bertz CT molecular complexity index is 1610. The van der Waals surface area contributed by atoms with Gasteiger partial charge < -0.3 is 30.0 Å². The number of carbonyl (C=O) groups excluding carboxylic acids is 2. The van der Waals surface area contributed by atoms with E-state index in [9.17, 15) is 14.7 Å². The van der Waals surface area contributed by atoms with E-state index in [0.29, 0.717) is 6.42 Å². The van der Waals surface area contributed by atoms with Crippen LogP contribution in [-0.2, 0) is 32.2 Å². The fourth-order valence-electron chi connectivity index (χ4n) is 5.88. The van der Waals surface area contributed by atoms with Crippen molar-refractivity contribution < 1.29 is 28.9 Å². The Kier molecular flexibility index (Phi) is 12.3. The number of aliphatic hydroxyl groups is 1. The lowest BCUT2D eigenvalue weighted by molar-refractivity contribution is -0.253. The predicted molar refractivity (Wildman–Crippen MR) is 185 cm³/mol. The number of nitrogens with zero attached hydrogens (tertiary/aromatic N) is 1. The molecule has 1 saturated heterocycles. The van der Waals surface area contributed by atoms with E-state index in [-0.39, 0.29) is 44.6 Å². The van der Waals surface area contributed by atoms with Gasteiger partial charge in [0.25, 0.3) is 0 Å². The number of ether oxygens (including phenoxy) is 3. The summed E-state index contributed by atoms with van der Waals surface area (Å²) in [4.78, 5) is 26.2. The number of likely N-dealkylation sites (N-methyl/N-ethyl adjacent to an activating group) is 1. The lowest BCUT2D eigenvalue weighted by Crippen LogP contribution is -2.38. The first-order valence-corrected chi connectivity index (χ1v) is 16.5. The van der Waals surface area contributed by atoms with Crippen molar-refractivity contribution in [3.05, 3.63) is 131 Å². The van der Waals surface area contributed by atoms with Crippen molar-refractivity contribution in [1.82, 2.24) is 15.5 Å². The zero-order valence-electron chi connectivity index (χ0n) is 27.8. The van der Waals surface area contributed by atoms with Crippen LogP contribution in [0.25, 0.3) is 11.1 Å². The highest BCUT2D eigenvalue weighted by molar-refractivity contribution is 5.81. The summed E-state index contributed by atoms with van der Waals surface area (Å²) in [5, 5.41) is 14.9. The standard InChI is InChI=1S/C39H45N3O6/c1-4-46-37(44)24-41-39(45)40-23-33-12-8-9-13-35(33)30-18-20-32(21-19-30)38-47-34(25-42(3)27(2)29-10-6-5-7-11-29)22-36(48-38)31-16-14-28(26-43)15-17-31/h5-21,27,34,36,38,43H,4,22-26H2,1-3H3,(H2,40,41,45)/t27-,34-,36+,38+/m0/s1. The van der Waals surface area contributed by atoms with E-state index in [1.165, 1.54) is 5.56 Å². The Labute approximate surface area is 282 Å². The smallest absolute Gasteiger partial charge is 0.325 e. The van der Waals surface area contributed by atoms with Gasteiger partial charge >= 0.3 is 12.0 Å². The zero-order chi connectivity index (χ0) is 33.9. The molecule has 3 N–H and O–H groups in total. The molecule has 5 rings (SSSR count). The zero-order valence-corrected chi connectivity index (χ0v) is 27.8. The summed E-state index contributed by atoms with van der Waals surface area (Å²) >= 11 is 0. The molecule has 2 amide bonds. The lowest BCUT2D eigenvalue weighted by atomic mass is 9.97. The molecule has 9 nitrogen and oxygen atoms in total. The maximum absolute atomic E-state index is 12.3. The SMILES string of the molecule is CCOC(=O)CNC(=O)NCc1ccccc1-c1ccc([C@@H]2O[C@H](CN(C)[C@@H](C)c3ccccc3)C[C@H](c3ccc(CO)cc3)O2)cc1. The number of rotatable bonds is 13. The Morgan fingerprint density at radius 3 is 2.29 bits per heavy atom. The number of benzene rings is 4. The molecule has 9 heteroatoms. The normalized spacial score (nSPS) is 18.2. The molecule has 48 heavy (non-hydrogen) atoms. The Morgan fingerprint density at radius 2 is 1.58 bits per heavy atom. The van der Waals surface area contributed by atoms with Crippen LogP contribution >= 0.6 is 0 Å². The molecule has 1 aliphatic heterocycles. The van der Waals surface area contributed by atoms with E-state index in [1.807, 2.05) is 78.9 Å². The molecule has 1 heterocycles. The highest BCUT2D eigenvalue weighted by Crippen LogP contribution is 2.39. The first kappa shape index (κ1) is 34.8. The van der Waals surface area contributed by atoms with Gasteiger partial charge in [-0.2, -0.15) is 0 Å². The van der Waals surface area contributed by atoms with E-state index in [0.717, 1.165) is 39.9 Å². The second-order valence-corrected chi connectivity index (χ2v) is 12.0. The maximum atomic E-state index is 12.3. The minimum atomic E-state index is -0.569. The number of esters is 1. The molecule has 252 valence electrons. The van der Waals surface area contributed by atoms with Gasteiger partial charge in [0, 0.05) is 31.1 Å². The van der Waals surface area contributed by atoms with Crippen molar-refractivity contribution in [2.24, 2.45) is 0 Å². The van der Waals surface area contributed by atoms with Gasteiger partial charge in [0.05, 0.1) is 25.4 Å². The van der Waals surface area contributed by atoms with Crippen LogP contribution in [0.15, 0.2) is 103 Å². The van der Waals surface area contributed by atoms with Gasteiger partial charge in [0.1, 0.15) is 6.54 Å². The third kappa shape index (κ3) is 9.29. The summed E-state index contributed by atoms with van der Waals surface area (Å²) < 4.78 is 18.1.